The Balaban J connectivity index is 1.45. The summed E-state index contributed by atoms with van der Waals surface area (Å²) in [5.41, 5.74) is 5.07. The predicted molar refractivity (Wildman–Crippen MR) is 94.6 cm³/mol. The minimum Gasteiger partial charge on any atom is -0.370 e. The maximum atomic E-state index is 11.7. The molecule has 0 radical (unpaired) electrons. The van der Waals surface area contributed by atoms with Crippen LogP contribution in [0, 0.1) is 0 Å². The molecule has 2 heterocycles. The van der Waals surface area contributed by atoms with Crippen molar-refractivity contribution in [3.8, 4) is 0 Å². The van der Waals surface area contributed by atoms with Gasteiger partial charge in [-0.05, 0) is 25.7 Å². The summed E-state index contributed by atoms with van der Waals surface area (Å²) in [6.45, 7) is 0.664. The summed E-state index contributed by atoms with van der Waals surface area (Å²) in [5, 5.41) is 9.30. The van der Waals surface area contributed by atoms with Gasteiger partial charge in [0, 0.05) is 30.4 Å². The van der Waals surface area contributed by atoms with Gasteiger partial charge in [-0.1, -0.05) is 12.8 Å². The van der Waals surface area contributed by atoms with Gasteiger partial charge in [0.15, 0.2) is 0 Å². The van der Waals surface area contributed by atoms with Gasteiger partial charge in [0.1, 0.15) is 0 Å². The molecule has 0 aromatic rings. The van der Waals surface area contributed by atoms with Gasteiger partial charge in [-0.25, -0.2) is 4.79 Å². The van der Waals surface area contributed by atoms with E-state index < -0.39 is 0 Å². The smallest absolute Gasteiger partial charge is 0.315 e. The molecule has 0 aromatic carbocycles. The molecule has 2 rings (SSSR count). The van der Waals surface area contributed by atoms with E-state index in [1.54, 1.807) is 0 Å². The van der Waals surface area contributed by atoms with E-state index in [0.29, 0.717) is 24.6 Å². The van der Waals surface area contributed by atoms with Gasteiger partial charge >= 0.3 is 6.03 Å². The highest BCUT2D eigenvalue weighted by Crippen LogP contribution is 2.33. The van der Waals surface area contributed by atoms with Gasteiger partial charge < -0.3 is 21.7 Å². The van der Waals surface area contributed by atoms with Crippen molar-refractivity contribution in [1.82, 2.24) is 16.0 Å². The predicted octanol–water partition coefficient (Wildman–Crippen LogP) is 0.874. The quantitative estimate of drug-likeness (QED) is 0.325. The van der Waals surface area contributed by atoms with Gasteiger partial charge in [0.25, 0.3) is 0 Å². The van der Waals surface area contributed by atoms with Gasteiger partial charge in [-0.2, -0.15) is 11.8 Å². The molecule has 0 aromatic heterocycles. The van der Waals surface area contributed by atoms with E-state index in [4.69, 9.17) is 5.73 Å². The van der Waals surface area contributed by atoms with Gasteiger partial charge in [-0.15, -0.1) is 0 Å². The molecule has 0 spiro atoms. The Morgan fingerprint density at radius 2 is 1.92 bits per heavy atom. The van der Waals surface area contributed by atoms with Crippen molar-refractivity contribution in [1.29, 1.82) is 0 Å². The molecular formula is C16H28N4O3S. The van der Waals surface area contributed by atoms with Crippen LogP contribution in [0.1, 0.15) is 51.4 Å². The largest absolute Gasteiger partial charge is 0.370 e. The van der Waals surface area contributed by atoms with Crippen LogP contribution >= 0.6 is 11.8 Å². The molecule has 136 valence electrons. The van der Waals surface area contributed by atoms with E-state index in [0.717, 1.165) is 44.3 Å². The van der Waals surface area contributed by atoms with Crippen LogP contribution in [0.15, 0.2) is 0 Å². The number of rotatable bonds is 11. The number of hydrogen-bond acceptors (Lipinski definition) is 4. The number of nitrogens with one attached hydrogen (secondary N) is 3. The van der Waals surface area contributed by atoms with Gasteiger partial charge in [0.2, 0.25) is 11.8 Å². The Bertz CT molecular complexity index is 461. The van der Waals surface area contributed by atoms with Crippen molar-refractivity contribution in [3.63, 3.8) is 0 Å². The molecular weight excluding hydrogens is 328 g/mol. The summed E-state index contributed by atoms with van der Waals surface area (Å²) >= 11 is 1.91. The minimum atomic E-state index is -0.265. The summed E-state index contributed by atoms with van der Waals surface area (Å²) < 4.78 is 0. The van der Waals surface area contributed by atoms with E-state index in [9.17, 15) is 14.4 Å². The average Bonchev–Trinajstić information content (AvgIpc) is 3.06. The van der Waals surface area contributed by atoms with Crippen molar-refractivity contribution in [2.24, 2.45) is 5.73 Å². The van der Waals surface area contributed by atoms with E-state index in [2.05, 4.69) is 16.0 Å². The third-order valence-electron chi connectivity index (χ3n) is 4.50. The lowest BCUT2D eigenvalue weighted by Gasteiger charge is -2.16. The highest BCUT2D eigenvalue weighted by molar-refractivity contribution is 8.00. The first-order valence-electron chi connectivity index (χ1n) is 8.80. The Hall–Kier alpha value is -1.44. The molecule has 0 saturated carbocycles. The lowest BCUT2D eigenvalue weighted by molar-refractivity contribution is -0.121. The summed E-state index contributed by atoms with van der Waals surface area (Å²) in [6.07, 6.45) is 6.47. The van der Waals surface area contributed by atoms with Gasteiger partial charge in [-0.3, -0.25) is 9.59 Å². The van der Waals surface area contributed by atoms with E-state index >= 15 is 0 Å². The SMILES string of the molecule is NC(=O)CCCCCNC(=O)CCCC[C@@H]1SC[C@@H]2NC(=O)N[C@@H]21. The minimum absolute atomic E-state index is 0.0505. The number of carbonyl (C=O) groups excluding carboxylic acids is 3. The number of urea groups is 1. The molecule has 24 heavy (non-hydrogen) atoms. The Morgan fingerprint density at radius 1 is 1.12 bits per heavy atom. The highest BCUT2D eigenvalue weighted by Gasteiger charge is 2.42. The number of unbranched alkanes of at least 4 members (excludes halogenated alkanes) is 3. The fraction of sp³-hybridized carbons (Fsp3) is 0.812. The molecule has 2 fully saturated rings. The van der Waals surface area contributed by atoms with E-state index in [-0.39, 0.29) is 29.9 Å². The monoisotopic (exact) mass is 356 g/mol. The second-order valence-corrected chi connectivity index (χ2v) is 7.77. The molecule has 2 saturated heterocycles. The van der Waals surface area contributed by atoms with Crippen molar-refractivity contribution in [2.45, 2.75) is 68.7 Å². The third-order valence-corrected chi connectivity index (χ3v) is 6.01. The summed E-state index contributed by atoms with van der Waals surface area (Å²) in [5.74, 6) is 0.807. The highest BCUT2D eigenvalue weighted by atomic mass is 32.2. The normalized spacial score (nSPS) is 25.0. The van der Waals surface area contributed by atoms with Crippen LogP contribution in [0.2, 0.25) is 0 Å². The zero-order valence-corrected chi connectivity index (χ0v) is 14.8. The second kappa shape index (κ2) is 9.76. The Kier molecular flexibility index (Phi) is 7.68. The van der Waals surface area contributed by atoms with Crippen molar-refractivity contribution in [2.75, 3.05) is 12.3 Å². The lowest BCUT2D eigenvalue weighted by Crippen LogP contribution is -2.36. The Morgan fingerprint density at radius 3 is 2.71 bits per heavy atom. The summed E-state index contributed by atoms with van der Waals surface area (Å²) in [6, 6.07) is 0.465. The molecule has 3 atom stereocenters. The lowest BCUT2D eigenvalue weighted by atomic mass is 10.0. The fourth-order valence-electron chi connectivity index (χ4n) is 3.19. The molecule has 0 aliphatic carbocycles. The molecule has 4 amide bonds. The van der Waals surface area contributed by atoms with E-state index in [1.165, 1.54) is 0 Å². The van der Waals surface area contributed by atoms with Crippen LogP contribution in [-0.4, -0.2) is 47.5 Å². The van der Waals surface area contributed by atoms with Crippen LogP contribution in [0.4, 0.5) is 4.79 Å². The van der Waals surface area contributed by atoms with Crippen LogP contribution < -0.4 is 21.7 Å². The zero-order chi connectivity index (χ0) is 17.4. The molecule has 7 nitrogen and oxygen atoms in total. The number of thioether (sulfide) groups is 1. The second-order valence-electron chi connectivity index (χ2n) is 6.49. The van der Waals surface area contributed by atoms with E-state index in [1.807, 2.05) is 11.8 Å². The van der Waals surface area contributed by atoms with Crippen LogP contribution in [0.5, 0.6) is 0 Å². The topological polar surface area (TPSA) is 113 Å². The maximum absolute atomic E-state index is 11.7. The Labute approximate surface area is 147 Å². The van der Waals surface area contributed by atoms with Crippen LogP contribution in [-0.2, 0) is 9.59 Å². The van der Waals surface area contributed by atoms with Crippen LogP contribution in [0.25, 0.3) is 0 Å². The number of hydrogen-bond donors (Lipinski definition) is 4. The first-order valence-corrected chi connectivity index (χ1v) is 9.85. The number of fused-ring (bicyclic) bond motifs is 1. The zero-order valence-electron chi connectivity index (χ0n) is 14.0. The van der Waals surface area contributed by atoms with Crippen LogP contribution in [0.3, 0.4) is 0 Å². The molecule has 8 heteroatoms. The number of carbonyl (C=O) groups is 3. The fourth-order valence-corrected chi connectivity index (χ4v) is 4.73. The maximum Gasteiger partial charge on any atom is 0.315 e. The molecule has 5 N–H and O–H groups in total. The number of primary amides is 1. The number of nitrogens with two attached hydrogens (primary N) is 1. The molecule has 0 unspecified atom stereocenters. The first kappa shape index (κ1) is 18.9. The van der Waals surface area contributed by atoms with Gasteiger partial charge in [0.05, 0.1) is 12.1 Å². The standard InChI is InChI=1S/C16H28N4O3S/c17-13(21)7-2-1-5-9-18-14(22)8-4-3-6-12-15-11(10-24-12)19-16(23)20-15/h11-12,15H,1-10H2,(H2,17,21)(H,18,22)(H2,19,20,23)/t11-,12-,15-/m0/s1. The van der Waals surface area contributed by atoms with Crippen molar-refractivity contribution >= 4 is 29.6 Å². The van der Waals surface area contributed by atoms with Crippen molar-refractivity contribution < 1.29 is 14.4 Å². The third kappa shape index (κ3) is 6.22. The molecule has 2 aliphatic rings. The van der Waals surface area contributed by atoms with Crippen molar-refractivity contribution in [3.05, 3.63) is 0 Å². The molecule has 0 bridgehead atoms. The summed E-state index contributed by atoms with van der Waals surface area (Å²) in [7, 11) is 0. The summed E-state index contributed by atoms with van der Waals surface area (Å²) in [4.78, 5) is 33.6. The molecule has 2 aliphatic heterocycles. The average molecular weight is 356 g/mol. The first-order chi connectivity index (χ1) is 11.6. The number of amides is 4.